The van der Waals surface area contributed by atoms with Crippen molar-refractivity contribution >= 4 is 29.9 Å². The number of methoxy groups -OCH3 is 1. The van der Waals surface area contributed by atoms with E-state index >= 15 is 0 Å². The van der Waals surface area contributed by atoms with Gasteiger partial charge in [-0.1, -0.05) is 0 Å². The highest BCUT2D eigenvalue weighted by Gasteiger charge is 2.16. The van der Waals surface area contributed by atoms with Crippen LogP contribution in [0.25, 0.3) is 0 Å². The molecule has 0 saturated carbocycles. The van der Waals surface area contributed by atoms with Crippen LogP contribution in [0.5, 0.6) is 11.5 Å². The molecule has 1 atom stereocenters. The van der Waals surface area contributed by atoms with Crippen molar-refractivity contribution < 1.29 is 9.47 Å². The summed E-state index contributed by atoms with van der Waals surface area (Å²) in [6, 6.07) is 7.74. The molecule has 8 nitrogen and oxygen atoms in total. The van der Waals surface area contributed by atoms with Gasteiger partial charge in [-0.05, 0) is 38.4 Å². The van der Waals surface area contributed by atoms with Crippen molar-refractivity contribution in [2.24, 2.45) is 12.0 Å². The SMILES string of the molecule is CN=C(NCCOc1ccc(OC)cc1)NCC(c1cnn(C)c1)N(C)C.I. The van der Waals surface area contributed by atoms with Crippen molar-refractivity contribution in [1.29, 1.82) is 0 Å². The van der Waals surface area contributed by atoms with Crippen molar-refractivity contribution in [3.05, 3.63) is 42.2 Å². The minimum atomic E-state index is 0. The van der Waals surface area contributed by atoms with Crippen LogP contribution < -0.4 is 20.1 Å². The Bertz CT molecular complexity index is 717. The lowest BCUT2D eigenvalue weighted by Gasteiger charge is -2.24. The molecule has 0 aliphatic carbocycles. The highest BCUT2D eigenvalue weighted by atomic mass is 127. The number of aromatic nitrogens is 2. The lowest BCUT2D eigenvalue weighted by Crippen LogP contribution is -2.42. The van der Waals surface area contributed by atoms with E-state index < -0.39 is 0 Å². The van der Waals surface area contributed by atoms with Crippen molar-refractivity contribution in [2.75, 3.05) is 47.9 Å². The number of likely N-dealkylation sites (N-methyl/N-ethyl adjacent to an activating group) is 1. The van der Waals surface area contributed by atoms with E-state index in [1.54, 1.807) is 14.2 Å². The molecule has 0 aliphatic heterocycles. The summed E-state index contributed by atoms with van der Waals surface area (Å²) < 4.78 is 12.7. The summed E-state index contributed by atoms with van der Waals surface area (Å²) in [7, 11) is 9.44. The highest BCUT2D eigenvalue weighted by Crippen LogP contribution is 2.17. The molecule has 1 aromatic carbocycles. The molecule has 2 aromatic rings. The Labute approximate surface area is 184 Å². The molecule has 0 aliphatic rings. The molecule has 0 fully saturated rings. The molecule has 9 heteroatoms. The van der Waals surface area contributed by atoms with E-state index in [1.807, 2.05) is 48.4 Å². The van der Waals surface area contributed by atoms with Crippen LogP contribution in [0.15, 0.2) is 41.7 Å². The predicted molar refractivity (Wildman–Crippen MR) is 123 cm³/mol. The third-order valence-corrected chi connectivity index (χ3v) is 4.14. The summed E-state index contributed by atoms with van der Waals surface area (Å²) in [5.74, 6) is 2.36. The Morgan fingerprint density at radius 1 is 1.21 bits per heavy atom. The molecule has 0 amide bonds. The van der Waals surface area contributed by atoms with E-state index in [0.29, 0.717) is 13.2 Å². The molecule has 0 radical (unpaired) electrons. The van der Waals surface area contributed by atoms with Gasteiger partial charge >= 0.3 is 0 Å². The summed E-state index contributed by atoms with van der Waals surface area (Å²) in [5.41, 5.74) is 1.16. The fraction of sp³-hybridized carbons (Fsp3) is 0.474. The van der Waals surface area contributed by atoms with E-state index in [1.165, 1.54) is 0 Å². The zero-order valence-electron chi connectivity index (χ0n) is 17.2. The standard InChI is InChI=1S/C19H30N6O2.HI/c1-20-19(21-10-11-27-17-8-6-16(26-5)7-9-17)22-13-18(24(2)3)15-12-23-25(4)14-15;/h6-9,12,14,18H,10-11,13H2,1-5H3,(H2,20,21,22);1H. The molecule has 28 heavy (non-hydrogen) atoms. The van der Waals surface area contributed by atoms with E-state index in [2.05, 4.69) is 39.7 Å². The second-order valence-electron chi connectivity index (χ2n) is 6.33. The van der Waals surface area contributed by atoms with E-state index in [0.717, 1.165) is 29.6 Å². The molecule has 1 unspecified atom stereocenters. The Kier molecular flexibility index (Phi) is 10.7. The van der Waals surface area contributed by atoms with E-state index in [-0.39, 0.29) is 30.0 Å². The van der Waals surface area contributed by atoms with Crippen LogP contribution in [0.2, 0.25) is 0 Å². The van der Waals surface area contributed by atoms with E-state index in [4.69, 9.17) is 9.47 Å². The first-order valence-corrected chi connectivity index (χ1v) is 8.89. The van der Waals surface area contributed by atoms with Gasteiger partial charge in [-0.15, -0.1) is 24.0 Å². The Morgan fingerprint density at radius 3 is 2.43 bits per heavy atom. The minimum absolute atomic E-state index is 0. The monoisotopic (exact) mass is 502 g/mol. The third kappa shape index (κ3) is 7.55. The first-order chi connectivity index (χ1) is 13.0. The molecular formula is C19H31IN6O2. The van der Waals surface area contributed by atoms with Gasteiger partial charge < -0.3 is 25.0 Å². The van der Waals surface area contributed by atoms with Gasteiger partial charge in [0.15, 0.2) is 5.96 Å². The topological polar surface area (TPSA) is 75.9 Å². The van der Waals surface area contributed by atoms with Gasteiger partial charge in [-0.25, -0.2) is 0 Å². The lowest BCUT2D eigenvalue weighted by atomic mass is 10.1. The fourth-order valence-corrected chi connectivity index (χ4v) is 2.64. The Morgan fingerprint density at radius 2 is 1.89 bits per heavy atom. The van der Waals surface area contributed by atoms with Gasteiger partial charge in [0.2, 0.25) is 0 Å². The zero-order chi connectivity index (χ0) is 19.6. The van der Waals surface area contributed by atoms with Gasteiger partial charge in [0.05, 0.1) is 25.9 Å². The Hall–Kier alpha value is -2.01. The molecule has 0 bridgehead atoms. The average Bonchev–Trinajstić information content (AvgIpc) is 3.09. The van der Waals surface area contributed by atoms with Crippen molar-refractivity contribution in [3.8, 4) is 11.5 Å². The second-order valence-corrected chi connectivity index (χ2v) is 6.33. The van der Waals surface area contributed by atoms with Crippen LogP contribution >= 0.6 is 24.0 Å². The van der Waals surface area contributed by atoms with Gasteiger partial charge in [0, 0.05) is 32.4 Å². The molecule has 1 heterocycles. The minimum Gasteiger partial charge on any atom is -0.497 e. The summed E-state index contributed by atoms with van der Waals surface area (Å²) in [5, 5.41) is 10.9. The number of nitrogens with zero attached hydrogens (tertiary/aromatic N) is 4. The average molecular weight is 502 g/mol. The lowest BCUT2D eigenvalue weighted by molar-refractivity contribution is 0.297. The molecule has 0 saturated heterocycles. The summed E-state index contributed by atoms with van der Waals surface area (Å²) in [6.45, 7) is 1.90. The van der Waals surface area contributed by atoms with Crippen molar-refractivity contribution in [3.63, 3.8) is 0 Å². The third-order valence-electron chi connectivity index (χ3n) is 4.14. The summed E-state index contributed by atoms with van der Waals surface area (Å²) >= 11 is 0. The molecule has 2 rings (SSSR count). The second kappa shape index (κ2) is 12.4. The summed E-state index contributed by atoms with van der Waals surface area (Å²) in [4.78, 5) is 6.43. The van der Waals surface area contributed by atoms with Crippen LogP contribution in [-0.2, 0) is 7.05 Å². The van der Waals surface area contributed by atoms with Crippen LogP contribution in [0.3, 0.4) is 0 Å². The number of ether oxygens (including phenoxy) is 2. The smallest absolute Gasteiger partial charge is 0.191 e. The number of halogens is 1. The molecule has 0 spiro atoms. The maximum Gasteiger partial charge on any atom is 0.191 e. The Balaban J connectivity index is 0.00000392. The maximum absolute atomic E-state index is 5.72. The van der Waals surface area contributed by atoms with Crippen LogP contribution in [0.4, 0.5) is 0 Å². The largest absolute Gasteiger partial charge is 0.497 e. The number of hydrogen-bond acceptors (Lipinski definition) is 5. The zero-order valence-corrected chi connectivity index (χ0v) is 19.5. The van der Waals surface area contributed by atoms with Crippen LogP contribution in [-0.4, -0.2) is 68.6 Å². The normalized spacial score (nSPS) is 12.3. The van der Waals surface area contributed by atoms with Crippen molar-refractivity contribution in [2.45, 2.75) is 6.04 Å². The first kappa shape index (κ1) is 24.0. The number of guanidine groups is 1. The van der Waals surface area contributed by atoms with Gasteiger partial charge in [-0.3, -0.25) is 9.67 Å². The number of rotatable bonds is 9. The first-order valence-electron chi connectivity index (χ1n) is 8.89. The van der Waals surface area contributed by atoms with Gasteiger partial charge in [0.25, 0.3) is 0 Å². The fourth-order valence-electron chi connectivity index (χ4n) is 2.64. The van der Waals surface area contributed by atoms with Crippen LogP contribution in [0, 0.1) is 0 Å². The number of nitrogens with one attached hydrogen (secondary N) is 2. The predicted octanol–water partition coefficient (Wildman–Crippen LogP) is 1.89. The highest BCUT2D eigenvalue weighted by molar-refractivity contribution is 14.0. The van der Waals surface area contributed by atoms with Crippen molar-refractivity contribution in [1.82, 2.24) is 25.3 Å². The van der Waals surface area contributed by atoms with Gasteiger partial charge in [-0.2, -0.15) is 5.10 Å². The quantitative estimate of drug-likeness (QED) is 0.236. The number of benzene rings is 1. The van der Waals surface area contributed by atoms with Crippen LogP contribution in [0.1, 0.15) is 11.6 Å². The number of aliphatic imine (C=N–C) groups is 1. The molecule has 2 N–H and O–H groups in total. The molecule has 156 valence electrons. The van der Waals surface area contributed by atoms with Gasteiger partial charge in [0.1, 0.15) is 18.1 Å². The number of hydrogen-bond donors (Lipinski definition) is 2. The molecular weight excluding hydrogens is 471 g/mol. The maximum atomic E-state index is 5.72. The number of aryl methyl sites for hydroxylation is 1. The van der Waals surface area contributed by atoms with E-state index in [9.17, 15) is 0 Å². The summed E-state index contributed by atoms with van der Waals surface area (Å²) in [6.07, 6.45) is 3.93. The molecule has 1 aromatic heterocycles.